The van der Waals surface area contributed by atoms with Crippen molar-refractivity contribution in [1.29, 1.82) is 0 Å². The van der Waals surface area contributed by atoms with Gasteiger partial charge in [0.15, 0.2) is 0 Å². The highest BCUT2D eigenvalue weighted by atomic mass is 35.5. The summed E-state index contributed by atoms with van der Waals surface area (Å²) in [5.74, 6) is 5.89. The van der Waals surface area contributed by atoms with Crippen LogP contribution in [-0.4, -0.2) is 0 Å². The van der Waals surface area contributed by atoms with Crippen molar-refractivity contribution < 1.29 is 8.81 Å². The molecule has 1 aromatic heterocycles. The summed E-state index contributed by atoms with van der Waals surface area (Å²) in [6.45, 7) is 1.84. The maximum atomic E-state index is 13.8. The molecule has 1 aromatic carbocycles. The smallest absolute Gasteiger partial charge is 0.145 e. The molecule has 18 heavy (non-hydrogen) atoms. The lowest BCUT2D eigenvalue weighted by Gasteiger charge is -2.14. The van der Waals surface area contributed by atoms with Gasteiger partial charge in [-0.1, -0.05) is 23.7 Å². The van der Waals surface area contributed by atoms with Gasteiger partial charge in [-0.15, -0.1) is 0 Å². The number of hydrazine groups is 1. The number of hydrogen-bond donors (Lipinski definition) is 2. The molecule has 0 amide bonds. The summed E-state index contributed by atoms with van der Waals surface area (Å²) in [5.41, 5.74) is 4.06. The first-order valence-corrected chi connectivity index (χ1v) is 5.93. The third-order valence-corrected chi connectivity index (χ3v) is 3.10. The van der Waals surface area contributed by atoms with Crippen LogP contribution in [0.1, 0.15) is 22.9 Å². The lowest BCUT2D eigenvalue weighted by Crippen LogP contribution is -2.29. The van der Waals surface area contributed by atoms with Gasteiger partial charge in [0.05, 0.1) is 17.3 Å². The molecular formula is C13H14ClFN2O. The fraction of sp³-hybridized carbons (Fsp3) is 0.231. The van der Waals surface area contributed by atoms with Gasteiger partial charge < -0.3 is 4.42 Å². The number of benzene rings is 1. The Morgan fingerprint density at radius 2 is 2.28 bits per heavy atom. The number of furan rings is 1. The minimum atomic E-state index is -0.403. The van der Waals surface area contributed by atoms with Crippen molar-refractivity contribution in [2.75, 3.05) is 0 Å². The second-order valence-corrected chi connectivity index (χ2v) is 4.53. The molecule has 96 valence electrons. The first kappa shape index (κ1) is 13.1. The zero-order chi connectivity index (χ0) is 13.1. The van der Waals surface area contributed by atoms with Gasteiger partial charge in [-0.2, -0.15) is 0 Å². The van der Waals surface area contributed by atoms with Crippen LogP contribution in [0.2, 0.25) is 5.02 Å². The van der Waals surface area contributed by atoms with E-state index in [4.69, 9.17) is 21.9 Å². The van der Waals surface area contributed by atoms with E-state index < -0.39 is 5.82 Å². The van der Waals surface area contributed by atoms with Crippen molar-refractivity contribution >= 4 is 11.6 Å². The molecule has 0 spiro atoms. The van der Waals surface area contributed by atoms with Gasteiger partial charge in [0.2, 0.25) is 0 Å². The molecule has 3 nitrogen and oxygen atoms in total. The van der Waals surface area contributed by atoms with Crippen LogP contribution in [0.3, 0.4) is 0 Å². The molecule has 0 bridgehead atoms. The van der Waals surface area contributed by atoms with Crippen LogP contribution in [0.25, 0.3) is 0 Å². The third kappa shape index (κ3) is 2.72. The number of nitrogens with one attached hydrogen (secondary N) is 1. The van der Waals surface area contributed by atoms with Gasteiger partial charge in [-0.25, -0.2) is 4.39 Å². The van der Waals surface area contributed by atoms with Crippen LogP contribution in [0.4, 0.5) is 4.39 Å². The molecule has 0 saturated carbocycles. The lowest BCUT2D eigenvalue weighted by atomic mass is 10.0. The van der Waals surface area contributed by atoms with Crippen molar-refractivity contribution in [3.63, 3.8) is 0 Å². The van der Waals surface area contributed by atoms with Crippen LogP contribution < -0.4 is 11.3 Å². The fourth-order valence-electron chi connectivity index (χ4n) is 1.85. The van der Waals surface area contributed by atoms with Crippen molar-refractivity contribution in [2.24, 2.45) is 5.84 Å². The predicted octanol–water partition coefficient (Wildman–Crippen LogP) is 3.13. The fourth-order valence-corrected chi connectivity index (χ4v) is 2.04. The van der Waals surface area contributed by atoms with E-state index >= 15 is 0 Å². The molecular weight excluding hydrogens is 255 g/mol. The van der Waals surface area contributed by atoms with Crippen molar-refractivity contribution in [3.8, 4) is 0 Å². The molecule has 1 unspecified atom stereocenters. The highest BCUT2D eigenvalue weighted by molar-refractivity contribution is 6.30. The summed E-state index contributed by atoms with van der Waals surface area (Å²) in [5, 5.41) is 0.117. The first-order valence-electron chi connectivity index (χ1n) is 5.56. The van der Waals surface area contributed by atoms with Gasteiger partial charge >= 0.3 is 0 Å². The van der Waals surface area contributed by atoms with Gasteiger partial charge in [0.25, 0.3) is 0 Å². The standard InChI is InChI=1S/C13H14ClFN2O/c1-8-5-10(7-18-8)12(17-16)6-9-3-2-4-11(14)13(9)15/h2-5,7,12,17H,6,16H2,1H3. The topological polar surface area (TPSA) is 51.2 Å². The number of hydrogen-bond acceptors (Lipinski definition) is 3. The molecule has 3 N–H and O–H groups in total. The van der Waals surface area contributed by atoms with E-state index in [9.17, 15) is 4.39 Å². The summed E-state index contributed by atoms with van der Waals surface area (Å²) in [4.78, 5) is 0. The van der Waals surface area contributed by atoms with Crippen molar-refractivity contribution in [3.05, 3.63) is 58.3 Å². The minimum Gasteiger partial charge on any atom is -0.469 e. The molecule has 1 heterocycles. The molecule has 1 atom stereocenters. The largest absolute Gasteiger partial charge is 0.469 e. The van der Waals surface area contributed by atoms with Crippen LogP contribution >= 0.6 is 11.6 Å². The molecule has 2 aromatic rings. The van der Waals surface area contributed by atoms with Gasteiger partial charge in [-0.3, -0.25) is 11.3 Å². The Balaban J connectivity index is 2.23. The number of halogens is 2. The van der Waals surface area contributed by atoms with Crippen LogP contribution in [-0.2, 0) is 6.42 Å². The Hall–Kier alpha value is -1.36. The van der Waals surface area contributed by atoms with E-state index in [1.165, 1.54) is 6.07 Å². The normalized spacial score (nSPS) is 12.7. The van der Waals surface area contributed by atoms with Crippen LogP contribution in [0, 0.1) is 12.7 Å². The van der Waals surface area contributed by atoms with Crippen LogP contribution in [0.5, 0.6) is 0 Å². The molecule has 0 saturated heterocycles. The Kier molecular flexibility index (Phi) is 4.01. The molecule has 0 aliphatic rings. The quantitative estimate of drug-likeness (QED) is 0.662. The van der Waals surface area contributed by atoms with E-state index in [0.717, 1.165) is 11.3 Å². The molecule has 0 radical (unpaired) electrons. The highest BCUT2D eigenvalue weighted by Crippen LogP contribution is 2.24. The molecule has 0 aliphatic heterocycles. The summed E-state index contributed by atoms with van der Waals surface area (Å²) in [6.07, 6.45) is 2.02. The number of aryl methyl sites for hydroxylation is 1. The zero-order valence-corrected chi connectivity index (χ0v) is 10.7. The summed E-state index contributed by atoms with van der Waals surface area (Å²) in [7, 11) is 0. The van der Waals surface area contributed by atoms with Gasteiger partial charge in [0, 0.05) is 5.56 Å². The molecule has 2 rings (SSSR count). The Morgan fingerprint density at radius 3 is 2.89 bits per heavy atom. The van der Waals surface area contributed by atoms with E-state index in [1.54, 1.807) is 18.4 Å². The number of nitrogens with two attached hydrogens (primary N) is 1. The van der Waals surface area contributed by atoms with E-state index in [1.807, 2.05) is 13.0 Å². The zero-order valence-electron chi connectivity index (χ0n) is 9.91. The Bertz CT molecular complexity index is 542. The third-order valence-electron chi connectivity index (χ3n) is 2.81. The summed E-state index contributed by atoms with van der Waals surface area (Å²) >= 11 is 5.75. The molecule has 5 heteroatoms. The SMILES string of the molecule is Cc1cc(C(Cc2cccc(Cl)c2F)NN)co1. The lowest BCUT2D eigenvalue weighted by molar-refractivity contribution is 0.504. The van der Waals surface area contributed by atoms with E-state index in [-0.39, 0.29) is 11.1 Å². The monoisotopic (exact) mass is 268 g/mol. The van der Waals surface area contributed by atoms with E-state index in [2.05, 4.69) is 5.43 Å². The molecule has 0 fully saturated rings. The predicted molar refractivity (Wildman–Crippen MR) is 68.6 cm³/mol. The average molecular weight is 269 g/mol. The first-order chi connectivity index (χ1) is 8.61. The van der Waals surface area contributed by atoms with Gasteiger partial charge in [-0.05, 0) is 31.0 Å². The Morgan fingerprint density at radius 1 is 1.50 bits per heavy atom. The van der Waals surface area contributed by atoms with Gasteiger partial charge in [0.1, 0.15) is 11.6 Å². The second kappa shape index (κ2) is 5.52. The Labute approximate surface area is 110 Å². The minimum absolute atomic E-state index is 0.117. The number of rotatable bonds is 4. The van der Waals surface area contributed by atoms with E-state index in [0.29, 0.717) is 12.0 Å². The van der Waals surface area contributed by atoms with Crippen molar-refractivity contribution in [1.82, 2.24) is 5.43 Å². The average Bonchev–Trinajstić information content (AvgIpc) is 2.78. The highest BCUT2D eigenvalue weighted by Gasteiger charge is 2.16. The van der Waals surface area contributed by atoms with Crippen LogP contribution in [0.15, 0.2) is 34.9 Å². The summed E-state index contributed by atoms with van der Waals surface area (Å²) < 4.78 is 19.0. The maximum absolute atomic E-state index is 13.8. The second-order valence-electron chi connectivity index (χ2n) is 4.13. The summed E-state index contributed by atoms with van der Waals surface area (Å²) in [6, 6.07) is 6.59. The molecule has 0 aliphatic carbocycles. The maximum Gasteiger partial charge on any atom is 0.145 e. The van der Waals surface area contributed by atoms with Crippen molar-refractivity contribution in [2.45, 2.75) is 19.4 Å².